The van der Waals surface area contributed by atoms with E-state index < -0.39 is 0 Å². The van der Waals surface area contributed by atoms with Crippen molar-refractivity contribution in [2.24, 2.45) is 4.99 Å². The van der Waals surface area contributed by atoms with Crippen molar-refractivity contribution in [3.63, 3.8) is 0 Å². The van der Waals surface area contributed by atoms with Crippen LogP contribution in [0.2, 0.25) is 0 Å². The van der Waals surface area contributed by atoms with Gasteiger partial charge in [-0.25, -0.2) is 0 Å². The van der Waals surface area contributed by atoms with Crippen LogP contribution >= 0.6 is 23.2 Å². The van der Waals surface area contributed by atoms with Crippen LogP contribution in [0.5, 0.6) is 0 Å². The molecule has 0 aliphatic heterocycles. The van der Waals surface area contributed by atoms with E-state index in [0.29, 0.717) is 10.9 Å². The van der Waals surface area contributed by atoms with Gasteiger partial charge in [-0.05, 0) is 6.72 Å². The van der Waals surface area contributed by atoms with E-state index in [1.165, 1.54) is 6.20 Å². The molecule has 0 aromatic carbocycles. The highest BCUT2D eigenvalue weighted by Gasteiger charge is 1.81. The lowest BCUT2D eigenvalue weighted by molar-refractivity contribution is 1.53. The smallest absolute Gasteiger partial charge is 0.0597 e. The first-order valence-electron chi connectivity index (χ1n) is 1.67. The molecule has 0 radical (unpaired) electrons. The van der Waals surface area contributed by atoms with Gasteiger partial charge in [-0.3, -0.25) is 4.99 Å². The molecule has 0 bridgehead atoms. The lowest BCUT2D eigenvalue weighted by Crippen LogP contribution is -1.67. The minimum Gasteiger partial charge on any atom is -0.271 e. The third-order valence-electron chi connectivity index (χ3n) is 0.359. The normalized spacial score (nSPS) is 11.4. The largest absolute Gasteiger partial charge is 0.271 e. The zero-order valence-electron chi connectivity index (χ0n) is 3.69. The predicted molar refractivity (Wildman–Crippen MR) is 34.2 cm³/mol. The molecule has 0 fully saturated rings. The van der Waals surface area contributed by atoms with Gasteiger partial charge in [0.2, 0.25) is 0 Å². The van der Waals surface area contributed by atoms with Gasteiger partial charge in [-0.2, -0.15) is 0 Å². The maximum absolute atomic E-state index is 5.36. The third kappa shape index (κ3) is 3.83. The Morgan fingerprint density at radius 1 is 1.86 bits per heavy atom. The van der Waals surface area contributed by atoms with Crippen molar-refractivity contribution in [1.29, 1.82) is 0 Å². The van der Waals surface area contributed by atoms with Gasteiger partial charge in [0.15, 0.2) is 0 Å². The topological polar surface area (TPSA) is 12.4 Å². The van der Waals surface area contributed by atoms with Gasteiger partial charge in [0, 0.05) is 6.20 Å². The van der Waals surface area contributed by atoms with Crippen LogP contribution in [0.25, 0.3) is 0 Å². The molecule has 0 aromatic heterocycles. The SMILES string of the molecule is C=N/C=C(\Cl)CCl. The molecule has 0 heterocycles. The Bertz CT molecular complexity index is 87.7. The van der Waals surface area contributed by atoms with Gasteiger partial charge in [-0.15, -0.1) is 11.6 Å². The lowest BCUT2D eigenvalue weighted by Gasteiger charge is -1.80. The summed E-state index contributed by atoms with van der Waals surface area (Å²) in [5.74, 6) is 0.306. The summed E-state index contributed by atoms with van der Waals surface area (Å²) in [6, 6.07) is 0. The second kappa shape index (κ2) is 4.16. The molecular weight excluding hydrogens is 133 g/mol. The van der Waals surface area contributed by atoms with E-state index in [4.69, 9.17) is 23.2 Å². The van der Waals surface area contributed by atoms with Crippen molar-refractivity contribution in [1.82, 2.24) is 0 Å². The van der Waals surface area contributed by atoms with Gasteiger partial charge in [0.25, 0.3) is 0 Å². The van der Waals surface area contributed by atoms with E-state index in [1.807, 2.05) is 0 Å². The van der Waals surface area contributed by atoms with Crippen LogP contribution in [0.3, 0.4) is 0 Å². The van der Waals surface area contributed by atoms with Gasteiger partial charge < -0.3 is 0 Å². The Hall–Kier alpha value is -0.0100. The van der Waals surface area contributed by atoms with E-state index in [-0.39, 0.29) is 0 Å². The van der Waals surface area contributed by atoms with Crippen molar-refractivity contribution in [3.05, 3.63) is 11.2 Å². The van der Waals surface area contributed by atoms with Crippen molar-refractivity contribution < 1.29 is 0 Å². The third-order valence-corrected chi connectivity index (χ3v) is 1.01. The molecule has 0 unspecified atom stereocenters. The summed E-state index contributed by atoms with van der Waals surface area (Å²) in [6.45, 7) is 3.18. The summed E-state index contributed by atoms with van der Waals surface area (Å²) in [5, 5.41) is 0.511. The summed E-state index contributed by atoms with van der Waals surface area (Å²) < 4.78 is 0. The number of aliphatic imine (C=N–C) groups is 1. The van der Waals surface area contributed by atoms with Crippen LogP contribution in [0, 0.1) is 0 Å². The average molecular weight is 138 g/mol. The number of nitrogens with zero attached hydrogens (tertiary/aromatic N) is 1. The van der Waals surface area contributed by atoms with Crippen molar-refractivity contribution >= 4 is 29.9 Å². The second-order valence-corrected chi connectivity index (χ2v) is 1.64. The van der Waals surface area contributed by atoms with Crippen molar-refractivity contribution in [3.8, 4) is 0 Å². The fourth-order valence-electron chi connectivity index (χ4n) is 0.134. The molecule has 3 heteroatoms. The second-order valence-electron chi connectivity index (χ2n) is 0.892. The van der Waals surface area contributed by atoms with Crippen LogP contribution < -0.4 is 0 Å². The monoisotopic (exact) mass is 137 g/mol. The number of alkyl halides is 1. The fourth-order valence-corrected chi connectivity index (χ4v) is 0.272. The van der Waals surface area contributed by atoms with Crippen LogP contribution in [-0.4, -0.2) is 12.6 Å². The van der Waals surface area contributed by atoms with Crippen LogP contribution in [0.4, 0.5) is 0 Å². The van der Waals surface area contributed by atoms with Crippen LogP contribution in [0.1, 0.15) is 0 Å². The quantitative estimate of drug-likeness (QED) is 0.408. The molecule has 0 rings (SSSR count). The molecule has 0 aliphatic carbocycles. The first-order chi connectivity index (χ1) is 3.31. The number of halogens is 2. The van der Waals surface area contributed by atoms with E-state index in [0.717, 1.165) is 0 Å². The van der Waals surface area contributed by atoms with E-state index in [1.54, 1.807) is 0 Å². The summed E-state index contributed by atoms with van der Waals surface area (Å²) >= 11 is 10.6. The zero-order valence-corrected chi connectivity index (χ0v) is 5.21. The number of allylic oxidation sites excluding steroid dienone is 1. The summed E-state index contributed by atoms with van der Waals surface area (Å²) in [7, 11) is 0. The van der Waals surface area contributed by atoms with Crippen molar-refractivity contribution in [2.75, 3.05) is 5.88 Å². The molecule has 0 saturated carbocycles. The summed E-state index contributed by atoms with van der Waals surface area (Å²) in [5.41, 5.74) is 0. The Labute approximate surface area is 52.6 Å². The molecular formula is C4H5Cl2N. The highest BCUT2D eigenvalue weighted by atomic mass is 35.5. The highest BCUT2D eigenvalue weighted by Crippen LogP contribution is 2.01. The molecule has 0 amide bonds. The maximum atomic E-state index is 5.36. The minimum absolute atomic E-state index is 0.306. The van der Waals surface area contributed by atoms with E-state index in [9.17, 15) is 0 Å². The first kappa shape index (κ1) is 6.99. The lowest BCUT2D eigenvalue weighted by atomic mass is 10.7. The molecule has 0 aromatic rings. The summed E-state index contributed by atoms with van der Waals surface area (Å²) in [4.78, 5) is 3.38. The zero-order chi connectivity index (χ0) is 5.70. The molecule has 7 heavy (non-hydrogen) atoms. The van der Waals surface area contributed by atoms with Gasteiger partial charge in [0.1, 0.15) is 0 Å². The number of rotatable bonds is 2. The Morgan fingerprint density at radius 3 is 2.57 bits per heavy atom. The molecule has 1 nitrogen and oxygen atoms in total. The summed E-state index contributed by atoms with van der Waals surface area (Å²) in [6.07, 6.45) is 1.41. The van der Waals surface area contributed by atoms with Gasteiger partial charge in [0.05, 0.1) is 10.9 Å². The van der Waals surface area contributed by atoms with Gasteiger partial charge >= 0.3 is 0 Å². The standard InChI is InChI=1S/C4H5Cl2N/c1-7-3-4(6)2-5/h3H,1-2H2/b4-3-. The average Bonchev–Trinajstić information content (AvgIpc) is 1.68. The van der Waals surface area contributed by atoms with Gasteiger partial charge in [-0.1, -0.05) is 11.6 Å². The molecule has 0 saturated heterocycles. The molecule has 0 N–H and O–H groups in total. The van der Waals surface area contributed by atoms with Crippen LogP contribution in [-0.2, 0) is 0 Å². The number of hydrogen-bond acceptors (Lipinski definition) is 1. The fraction of sp³-hybridized carbons (Fsp3) is 0.250. The molecule has 40 valence electrons. The first-order valence-corrected chi connectivity index (χ1v) is 2.59. The minimum atomic E-state index is 0.306. The predicted octanol–water partition coefficient (Wildman–Crippen LogP) is 2.01. The molecule has 0 atom stereocenters. The Kier molecular flexibility index (Phi) is 4.15. The highest BCUT2D eigenvalue weighted by molar-refractivity contribution is 6.35. The Morgan fingerprint density at radius 2 is 2.43 bits per heavy atom. The van der Waals surface area contributed by atoms with E-state index >= 15 is 0 Å². The molecule has 0 spiro atoms. The number of hydrogen-bond donors (Lipinski definition) is 0. The van der Waals surface area contributed by atoms with Crippen molar-refractivity contribution in [2.45, 2.75) is 0 Å². The molecule has 0 aliphatic rings. The van der Waals surface area contributed by atoms with Crippen LogP contribution in [0.15, 0.2) is 16.2 Å². The Balaban J connectivity index is 3.49. The van der Waals surface area contributed by atoms with E-state index in [2.05, 4.69) is 11.7 Å². The maximum Gasteiger partial charge on any atom is 0.0597 e.